The van der Waals surface area contributed by atoms with Crippen LogP contribution >= 0.6 is 35.4 Å². The Bertz CT molecular complexity index is 462. The lowest BCUT2D eigenvalue weighted by molar-refractivity contribution is 0.120. The molecule has 3 nitrogen and oxygen atoms in total. The minimum absolute atomic E-state index is 0.162. The van der Waals surface area contributed by atoms with E-state index in [9.17, 15) is 5.11 Å². The van der Waals surface area contributed by atoms with Gasteiger partial charge in [0, 0.05) is 11.1 Å². The molecule has 1 aliphatic rings. The van der Waals surface area contributed by atoms with Crippen molar-refractivity contribution in [1.29, 1.82) is 0 Å². The molecule has 1 aliphatic carbocycles. The third-order valence-corrected chi connectivity index (χ3v) is 3.98. The zero-order valence-electron chi connectivity index (χ0n) is 10.3. The quantitative estimate of drug-likeness (QED) is 0.729. The van der Waals surface area contributed by atoms with Gasteiger partial charge in [-0.1, -0.05) is 23.2 Å². The molecule has 104 valence electrons. The molecule has 0 aliphatic heterocycles. The molecule has 0 heterocycles. The number of halogens is 2. The molecule has 3 N–H and O–H groups in total. The number of hydrogen-bond acceptors (Lipinski definition) is 2. The lowest BCUT2D eigenvalue weighted by Crippen LogP contribution is -2.40. The number of nitrogens with one attached hydrogen (secondary N) is 2. The maximum Gasteiger partial charge on any atom is 0.171 e. The van der Waals surface area contributed by atoms with Crippen LogP contribution in [0, 0.1) is 0 Å². The topological polar surface area (TPSA) is 44.3 Å². The summed E-state index contributed by atoms with van der Waals surface area (Å²) in [6.07, 6.45) is 3.34. The van der Waals surface area contributed by atoms with E-state index in [1.165, 1.54) is 0 Å². The molecular weight excluding hydrogens is 303 g/mol. The molecule has 0 aromatic heterocycles. The first-order chi connectivity index (χ1) is 9.04. The molecule has 1 saturated carbocycles. The van der Waals surface area contributed by atoms with Crippen molar-refractivity contribution < 1.29 is 5.11 Å². The highest BCUT2D eigenvalue weighted by atomic mass is 35.5. The molecule has 1 aromatic carbocycles. The van der Waals surface area contributed by atoms with E-state index >= 15 is 0 Å². The molecule has 0 bridgehead atoms. The number of benzene rings is 1. The second kappa shape index (κ2) is 6.75. The third-order valence-electron chi connectivity index (χ3n) is 3.21. The van der Waals surface area contributed by atoms with E-state index in [1.807, 2.05) is 0 Å². The van der Waals surface area contributed by atoms with Crippen LogP contribution in [-0.4, -0.2) is 22.4 Å². The fourth-order valence-electron chi connectivity index (χ4n) is 2.15. The Kier molecular flexibility index (Phi) is 5.28. The van der Waals surface area contributed by atoms with Crippen molar-refractivity contribution in [2.75, 3.05) is 5.32 Å². The van der Waals surface area contributed by atoms with Crippen molar-refractivity contribution in [3.63, 3.8) is 0 Å². The number of hydrogen-bond donors (Lipinski definition) is 3. The molecule has 0 spiro atoms. The van der Waals surface area contributed by atoms with Gasteiger partial charge in [0.15, 0.2) is 5.11 Å². The maximum absolute atomic E-state index is 9.45. The number of aliphatic hydroxyl groups excluding tert-OH is 1. The van der Waals surface area contributed by atoms with Gasteiger partial charge in [-0.15, -0.1) is 0 Å². The minimum Gasteiger partial charge on any atom is -0.393 e. The first-order valence-corrected chi connectivity index (χ1v) is 7.41. The minimum atomic E-state index is -0.162. The second-order valence-electron chi connectivity index (χ2n) is 4.73. The summed E-state index contributed by atoms with van der Waals surface area (Å²) in [6.45, 7) is 0. The van der Waals surface area contributed by atoms with Gasteiger partial charge in [0.25, 0.3) is 0 Å². The van der Waals surface area contributed by atoms with Crippen molar-refractivity contribution in [1.82, 2.24) is 5.32 Å². The Balaban J connectivity index is 1.87. The van der Waals surface area contributed by atoms with Crippen molar-refractivity contribution >= 4 is 46.2 Å². The van der Waals surface area contributed by atoms with Gasteiger partial charge >= 0.3 is 0 Å². The van der Waals surface area contributed by atoms with Crippen LogP contribution in [0.25, 0.3) is 0 Å². The molecule has 0 radical (unpaired) electrons. The average molecular weight is 319 g/mol. The van der Waals surface area contributed by atoms with Gasteiger partial charge in [0.1, 0.15) is 0 Å². The van der Waals surface area contributed by atoms with Gasteiger partial charge in [-0.2, -0.15) is 0 Å². The van der Waals surface area contributed by atoms with Crippen LogP contribution in [0.2, 0.25) is 10.0 Å². The van der Waals surface area contributed by atoms with Crippen LogP contribution in [0.5, 0.6) is 0 Å². The normalized spacial score (nSPS) is 22.9. The first kappa shape index (κ1) is 14.9. The second-order valence-corrected chi connectivity index (χ2v) is 5.98. The standard InChI is InChI=1S/C13H16Cl2N2OS/c14-8-1-6-12(11(15)7-8)17-13(19)16-9-2-4-10(18)5-3-9/h1,6-7,9-10,18H,2-5H2,(H2,16,17,19). The van der Waals surface area contributed by atoms with Crippen molar-refractivity contribution in [3.05, 3.63) is 28.2 Å². The molecule has 19 heavy (non-hydrogen) atoms. The fourth-order valence-corrected chi connectivity index (χ4v) is 2.89. The highest BCUT2D eigenvalue weighted by Crippen LogP contribution is 2.25. The molecule has 1 fully saturated rings. The number of anilines is 1. The summed E-state index contributed by atoms with van der Waals surface area (Å²) < 4.78 is 0. The average Bonchev–Trinajstić information content (AvgIpc) is 2.36. The Labute approximate surface area is 128 Å². The molecular formula is C13H16Cl2N2OS. The highest BCUT2D eigenvalue weighted by molar-refractivity contribution is 7.80. The lowest BCUT2D eigenvalue weighted by atomic mass is 9.93. The summed E-state index contributed by atoms with van der Waals surface area (Å²) in [5.41, 5.74) is 0.736. The maximum atomic E-state index is 9.45. The number of rotatable bonds is 2. The van der Waals surface area contributed by atoms with Crippen LogP contribution in [0.4, 0.5) is 5.69 Å². The Morgan fingerprint density at radius 2 is 1.89 bits per heavy atom. The van der Waals surface area contributed by atoms with E-state index in [0.29, 0.717) is 21.2 Å². The third kappa shape index (κ3) is 4.49. The van der Waals surface area contributed by atoms with E-state index in [0.717, 1.165) is 31.4 Å². The van der Waals surface area contributed by atoms with Crippen LogP contribution in [-0.2, 0) is 0 Å². The van der Waals surface area contributed by atoms with E-state index in [4.69, 9.17) is 35.4 Å². The summed E-state index contributed by atoms with van der Waals surface area (Å²) in [7, 11) is 0. The Hall–Kier alpha value is -0.550. The van der Waals surface area contributed by atoms with Gasteiger partial charge in [-0.05, 0) is 56.1 Å². The summed E-state index contributed by atoms with van der Waals surface area (Å²) in [5, 5.41) is 17.4. The smallest absolute Gasteiger partial charge is 0.171 e. The van der Waals surface area contributed by atoms with Gasteiger partial charge < -0.3 is 15.7 Å². The molecule has 0 unspecified atom stereocenters. The molecule has 6 heteroatoms. The summed E-state index contributed by atoms with van der Waals surface area (Å²) in [4.78, 5) is 0. The SMILES string of the molecule is OC1CCC(NC(=S)Nc2ccc(Cl)cc2Cl)CC1. The van der Waals surface area contributed by atoms with Gasteiger partial charge in [-0.3, -0.25) is 0 Å². The van der Waals surface area contributed by atoms with Gasteiger partial charge in [0.05, 0.1) is 16.8 Å². The van der Waals surface area contributed by atoms with Crippen molar-refractivity contribution in [2.45, 2.75) is 37.8 Å². The van der Waals surface area contributed by atoms with E-state index in [-0.39, 0.29) is 6.10 Å². The summed E-state index contributed by atoms with van der Waals surface area (Å²) in [6, 6.07) is 5.54. The summed E-state index contributed by atoms with van der Waals surface area (Å²) >= 11 is 17.2. The van der Waals surface area contributed by atoms with Crippen molar-refractivity contribution in [2.24, 2.45) is 0 Å². The predicted octanol–water partition coefficient (Wildman–Crippen LogP) is 3.58. The van der Waals surface area contributed by atoms with Gasteiger partial charge in [-0.25, -0.2) is 0 Å². The molecule has 1 aromatic rings. The van der Waals surface area contributed by atoms with Crippen molar-refractivity contribution in [3.8, 4) is 0 Å². The molecule has 0 saturated heterocycles. The Morgan fingerprint density at radius 1 is 1.21 bits per heavy atom. The van der Waals surface area contributed by atoms with Crippen LogP contribution in [0.15, 0.2) is 18.2 Å². The molecule has 2 rings (SSSR count). The molecule has 0 atom stereocenters. The molecule has 0 amide bonds. The van der Waals surface area contributed by atoms with E-state index < -0.39 is 0 Å². The van der Waals surface area contributed by atoms with Gasteiger partial charge in [0.2, 0.25) is 0 Å². The van der Waals surface area contributed by atoms with Crippen LogP contribution in [0.1, 0.15) is 25.7 Å². The zero-order chi connectivity index (χ0) is 13.8. The van der Waals surface area contributed by atoms with E-state index in [1.54, 1.807) is 18.2 Å². The largest absolute Gasteiger partial charge is 0.393 e. The predicted molar refractivity (Wildman–Crippen MR) is 84.1 cm³/mol. The number of thiocarbonyl (C=S) groups is 1. The zero-order valence-corrected chi connectivity index (χ0v) is 12.7. The van der Waals surface area contributed by atoms with Crippen LogP contribution < -0.4 is 10.6 Å². The monoisotopic (exact) mass is 318 g/mol. The fraction of sp³-hybridized carbons (Fsp3) is 0.462. The Morgan fingerprint density at radius 3 is 2.53 bits per heavy atom. The van der Waals surface area contributed by atoms with E-state index in [2.05, 4.69) is 10.6 Å². The first-order valence-electron chi connectivity index (χ1n) is 6.25. The highest BCUT2D eigenvalue weighted by Gasteiger charge is 2.19. The number of aliphatic hydroxyl groups is 1. The lowest BCUT2D eigenvalue weighted by Gasteiger charge is -2.27. The summed E-state index contributed by atoms with van der Waals surface area (Å²) in [5.74, 6) is 0. The van der Waals surface area contributed by atoms with Crippen LogP contribution in [0.3, 0.4) is 0 Å².